The molecule has 0 aliphatic carbocycles. The van der Waals surface area contributed by atoms with Crippen LogP contribution in [0.3, 0.4) is 0 Å². The maximum Gasteiger partial charge on any atom is 0.274 e. The lowest BCUT2D eigenvalue weighted by molar-refractivity contribution is -0.111. The highest BCUT2D eigenvalue weighted by Gasteiger charge is 2.20. The Morgan fingerprint density at radius 1 is 0.879 bits per heavy atom. The second-order valence-corrected chi connectivity index (χ2v) is 6.94. The monoisotopic (exact) mass is 435 g/mol. The molecule has 9 heteroatoms. The first-order valence-electron chi connectivity index (χ1n) is 10.1. The predicted octanol–water partition coefficient (Wildman–Crippen LogP) is 4.03. The van der Waals surface area contributed by atoms with Crippen LogP contribution in [-0.4, -0.2) is 36.1 Å². The first-order valence-corrected chi connectivity index (χ1v) is 10.1. The van der Waals surface area contributed by atoms with Gasteiger partial charge in [0.1, 0.15) is 11.5 Å². The molecule has 1 N–H and O–H groups in total. The second-order valence-electron chi connectivity index (χ2n) is 6.94. The van der Waals surface area contributed by atoms with Gasteiger partial charge in [-0.25, -0.2) is 9.97 Å². The highest BCUT2D eigenvalue weighted by molar-refractivity contribution is 6.24. The number of nitrogens with zero attached hydrogens (tertiary/aromatic N) is 6. The van der Waals surface area contributed by atoms with Crippen molar-refractivity contribution in [3.8, 4) is 22.8 Å². The number of carbonyl (C=O) groups excluding carboxylic acids is 1. The van der Waals surface area contributed by atoms with Gasteiger partial charge in [0.05, 0.1) is 24.3 Å². The summed E-state index contributed by atoms with van der Waals surface area (Å²) in [6.07, 6.45) is 6.19. The minimum absolute atomic E-state index is 0.168. The Kier molecular flexibility index (Phi) is 5.50. The van der Waals surface area contributed by atoms with Gasteiger partial charge in [-0.05, 0) is 22.6 Å². The van der Waals surface area contributed by atoms with Crippen molar-refractivity contribution in [2.75, 3.05) is 5.32 Å². The Bertz CT molecular complexity index is 1380. The number of benzene rings is 2. The van der Waals surface area contributed by atoms with Crippen molar-refractivity contribution >= 4 is 23.4 Å². The number of hydrogen-bond acceptors (Lipinski definition) is 7. The predicted molar refractivity (Wildman–Crippen MR) is 122 cm³/mol. The molecule has 9 nitrogen and oxygen atoms in total. The molecule has 0 spiro atoms. The number of nitrogens with one attached hydrogen (secondary N) is 1. The zero-order valence-electron chi connectivity index (χ0n) is 17.2. The Morgan fingerprint density at radius 2 is 1.58 bits per heavy atom. The van der Waals surface area contributed by atoms with Crippen LogP contribution in [0.25, 0.3) is 34.5 Å². The van der Waals surface area contributed by atoms with E-state index in [2.05, 4.69) is 30.8 Å². The normalized spacial score (nSPS) is 11.3. The highest BCUT2D eigenvalue weighted by Crippen LogP contribution is 2.22. The van der Waals surface area contributed by atoms with Crippen molar-refractivity contribution in [3.63, 3.8) is 0 Å². The van der Waals surface area contributed by atoms with Crippen LogP contribution in [0.2, 0.25) is 0 Å². The van der Waals surface area contributed by atoms with E-state index in [1.807, 2.05) is 60.7 Å². The van der Waals surface area contributed by atoms with Gasteiger partial charge in [-0.2, -0.15) is 4.68 Å². The maximum atomic E-state index is 13.3. The number of hydrogen-bond donors (Lipinski definition) is 1. The summed E-state index contributed by atoms with van der Waals surface area (Å²) in [7, 11) is 0. The molecule has 2 aromatic carbocycles. The van der Waals surface area contributed by atoms with Gasteiger partial charge in [0.25, 0.3) is 5.91 Å². The van der Waals surface area contributed by atoms with Gasteiger partial charge >= 0.3 is 0 Å². The van der Waals surface area contributed by atoms with E-state index in [1.54, 1.807) is 30.6 Å². The molecule has 3 aromatic heterocycles. The zero-order chi connectivity index (χ0) is 22.5. The fourth-order valence-electron chi connectivity index (χ4n) is 3.17. The topological polar surface area (TPSA) is 112 Å². The number of aromatic nitrogens is 6. The Morgan fingerprint density at radius 3 is 2.24 bits per heavy atom. The molecular weight excluding hydrogens is 418 g/mol. The molecule has 0 atom stereocenters. The van der Waals surface area contributed by atoms with E-state index in [9.17, 15) is 4.79 Å². The molecule has 0 fully saturated rings. The summed E-state index contributed by atoms with van der Waals surface area (Å²) in [6, 6.07) is 22.4. The van der Waals surface area contributed by atoms with Crippen molar-refractivity contribution < 1.29 is 9.21 Å². The van der Waals surface area contributed by atoms with Crippen molar-refractivity contribution in [3.05, 3.63) is 97.2 Å². The summed E-state index contributed by atoms with van der Waals surface area (Å²) in [4.78, 5) is 22.0. The second kappa shape index (κ2) is 9.06. The molecule has 160 valence electrons. The summed E-state index contributed by atoms with van der Waals surface area (Å²) < 4.78 is 6.78. The summed E-state index contributed by atoms with van der Waals surface area (Å²) in [5.41, 5.74) is 2.24. The van der Waals surface area contributed by atoms with Gasteiger partial charge in [0.15, 0.2) is 11.6 Å². The number of amides is 1. The highest BCUT2D eigenvalue weighted by atomic mass is 16.3. The number of anilines is 1. The van der Waals surface area contributed by atoms with Gasteiger partial charge in [-0.3, -0.25) is 4.79 Å². The summed E-state index contributed by atoms with van der Waals surface area (Å²) in [6.45, 7) is 0. The van der Waals surface area contributed by atoms with Crippen LogP contribution < -0.4 is 5.32 Å². The van der Waals surface area contributed by atoms with Gasteiger partial charge in [-0.15, -0.1) is 5.10 Å². The Balaban J connectivity index is 1.46. The van der Waals surface area contributed by atoms with Crippen molar-refractivity contribution in [2.45, 2.75) is 0 Å². The van der Waals surface area contributed by atoms with E-state index in [0.29, 0.717) is 23.1 Å². The third-order valence-electron chi connectivity index (χ3n) is 4.73. The van der Waals surface area contributed by atoms with E-state index in [0.717, 1.165) is 11.1 Å². The lowest BCUT2D eigenvalue weighted by Gasteiger charge is -2.10. The number of furan rings is 1. The van der Waals surface area contributed by atoms with Crippen LogP contribution in [0.1, 0.15) is 5.76 Å². The van der Waals surface area contributed by atoms with E-state index < -0.39 is 5.91 Å². The third kappa shape index (κ3) is 4.42. The van der Waals surface area contributed by atoms with E-state index in [4.69, 9.17) is 4.42 Å². The summed E-state index contributed by atoms with van der Waals surface area (Å²) >= 11 is 0. The average Bonchev–Trinajstić information content (AvgIpc) is 3.56. The molecule has 0 aliphatic heterocycles. The largest absolute Gasteiger partial charge is 0.465 e. The lowest BCUT2D eigenvalue weighted by atomic mass is 10.2. The molecule has 1 amide bonds. The molecule has 3 heterocycles. The minimum Gasteiger partial charge on any atom is -0.465 e. The van der Waals surface area contributed by atoms with Crippen molar-refractivity contribution in [1.82, 2.24) is 30.2 Å². The van der Waals surface area contributed by atoms with Gasteiger partial charge in [-0.1, -0.05) is 60.7 Å². The molecule has 0 bridgehead atoms. The van der Waals surface area contributed by atoms with Crippen LogP contribution in [-0.2, 0) is 4.79 Å². The first-order chi connectivity index (χ1) is 16.3. The zero-order valence-corrected chi connectivity index (χ0v) is 17.2. The van der Waals surface area contributed by atoms with E-state index in [-0.39, 0.29) is 5.70 Å². The molecule has 0 aliphatic rings. The van der Waals surface area contributed by atoms with Crippen LogP contribution >= 0.6 is 0 Å². The first kappa shape index (κ1) is 20.0. The van der Waals surface area contributed by atoms with E-state index in [1.165, 1.54) is 10.9 Å². The minimum atomic E-state index is -0.452. The third-order valence-corrected chi connectivity index (χ3v) is 4.73. The number of rotatable bonds is 6. The standard InChI is InChI=1S/C24H17N7O2/c32-24(27-19-15-25-22(26-16-19)17-8-3-1-4-9-17)21(14-20-12-7-13-33-20)31-23(28-29-30-31)18-10-5-2-6-11-18/h1-16H,(H,27,32)/b21-14+. The van der Waals surface area contributed by atoms with Gasteiger partial charge in [0.2, 0.25) is 0 Å². The molecule has 5 rings (SSSR count). The number of tetrazole rings is 1. The Hall–Kier alpha value is -4.92. The van der Waals surface area contributed by atoms with Crippen LogP contribution in [0, 0.1) is 0 Å². The quantitative estimate of drug-likeness (QED) is 0.401. The molecule has 0 saturated carbocycles. The van der Waals surface area contributed by atoms with E-state index >= 15 is 0 Å². The maximum absolute atomic E-state index is 13.3. The van der Waals surface area contributed by atoms with Crippen LogP contribution in [0.4, 0.5) is 5.69 Å². The van der Waals surface area contributed by atoms with Crippen LogP contribution in [0.5, 0.6) is 0 Å². The molecule has 0 radical (unpaired) electrons. The smallest absolute Gasteiger partial charge is 0.274 e. The van der Waals surface area contributed by atoms with Crippen molar-refractivity contribution in [2.24, 2.45) is 0 Å². The Labute approximate surface area is 188 Å². The molecule has 0 saturated heterocycles. The lowest BCUT2D eigenvalue weighted by Crippen LogP contribution is -2.19. The van der Waals surface area contributed by atoms with Crippen LogP contribution in [0.15, 0.2) is 95.9 Å². The SMILES string of the molecule is O=C(Nc1cnc(-c2ccccc2)nc1)/C(=C\c1ccco1)n1nnnc1-c1ccccc1. The van der Waals surface area contributed by atoms with Gasteiger partial charge < -0.3 is 9.73 Å². The molecule has 33 heavy (non-hydrogen) atoms. The molecule has 0 unspecified atom stereocenters. The summed E-state index contributed by atoms with van der Waals surface area (Å²) in [5, 5.41) is 14.7. The van der Waals surface area contributed by atoms with Crippen molar-refractivity contribution in [1.29, 1.82) is 0 Å². The summed E-state index contributed by atoms with van der Waals surface area (Å²) in [5.74, 6) is 1.00. The molecular formula is C24H17N7O2. The number of carbonyl (C=O) groups is 1. The fraction of sp³-hybridized carbons (Fsp3) is 0. The average molecular weight is 435 g/mol. The van der Waals surface area contributed by atoms with Gasteiger partial charge in [0, 0.05) is 17.2 Å². The molecule has 5 aromatic rings. The fourth-order valence-corrected chi connectivity index (χ4v) is 3.17.